The molecular formula is C7H10BrN3O2. The van der Waals surface area contributed by atoms with Crippen LogP contribution < -0.4 is 5.32 Å². The van der Waals surface area contributed by atoms with Gasteiger partial charge >= 0.3 is 6.09 Å². The van der Waals surface area contributed by atoms with Gasteiger partial charge in [0.1, 0.15) is 5.82 Å². The van der Waals surface area contributed by atoms with Crippen LogP contribution in [-0.2, 0) is 4.74 Å². The van der Waals surface area contributed by atoms with E-state index in [4.69, 9.17) is 4.74 Å². The lowest BCUT2D eigenvalue weighted by atomic mass is 10.5. The number of amides is 1. The summed E-state index contributed by atoms with van der Waals surface area (Å²) in [4.78, 5) is 11.1. The van der Waals surface area contributed by atoms with E-state index in [-0.39, 0.29) is 6.10 Å². The van der Waals surface area contributed by atoms with E-state index in [2.05, 4.69) is 31.4 Å². The van der Waals surface area contributed by atoms with Gasteiger partial charge in [0.15, 0.2) is 0 Å². The smallest absolute Gasteiger partial charge is 0.413 e. The van der Waals surface area contributed by atoms with Gasteiger partial charge in [-0.15, -0.1) is 0 Å². The molecule has 0 aliphatic rings. The molecule has 2 N–H and O–H groups in total. The van der Waals surface area contributed by atoms with Crippen molar-refractivity contribution in [1.29, 1.82) is 0 Å². The number of aromatic amines is 1. The molecule has 0 radical (unpaired) electrons. The van der Waals surface area contributed by atoms with E-state index in [1.54, 1.807) is 20.0 Å². The molecule has 0 saturated heterocycles. The number of halogens is 1. The molecular weight excluding hydrogens is 238 g/mol. The fourth-order valence-electron chi connectivity index (χ4n) is 0.705. The van der Waals surface area contributed by atoms with Crippen LogP contribution in [0.2, 0.25) is 0 Å². The Balaban J connectivity index is 2.50. The molecule has 0 aliphatic carbocycles. The van der Waals surface area contributed by atoms with Gasteiger partial charge in [-0.3, -0.25) is 10.4 Å². The Morgan fingerprint density at radius 2 is 2.46 bits per heavy atom. The molecule has 0 aromatic carbocycles. The second-order valence-corrected chi connectivity index (χ2v) is 3.53. The van der Waals surface area contributed by atoms with Crippen LogP contribution in [0.1, 0.15) is 13.8 Å². The first-order valence-corrected chi connectivity index (χ1v) is 4.55. The minimum Gasteiger partial charge on any atom is -0.447 e. The third-order valence-corrected chi connectivity index (χ3v) is 1.76. The maximum absolute atomic E-state index is 11.1. The van der Waals surface area contributed by atoms with Gasteiger partial charge in [0, 0.05) is 0 Å². The summed E-state index contributed by atoms with van der Waals surface area (Å²) in [6.07, 6.45) is 0.909. The van der Waals surface area contributed by atoms with Gasteiger partial charge in [-0.2, -0.15) is 5.10 Å². The fourth-order valence-corrected chi connectivity index (χ4v) is 0.995. The monoisotopic (exact) mass is 247 g/mol. The second kappa shape index (κ2) is 4.27. The Bertz CT molecular complexity index is 298. The summed E-state index contributed by atoms with van der Waals surface area (Å²) < 4.78 is 5.55. The lowest BCUT2D eigenvalue weighted by molar-refractivity contribution is 0.130. The van der Waals surface area contributed by atoms with Gasteiger partial charge < -0.3 is 4.74 Å². The summed E-state index contributed by atoms with van der Waals surface area (Å²) >= 11 is 3.20. The van der Waals surface area contributed by atoms with E-state index >= 15 is 0 Å². The highest BCUT2D eigenvalue weighted by atomic mass is 79.9. The molecule has 13 heavy (non-hydrogen) atoms. The molecule has 0 saturated carbocycles. The summed E-state index contributed by atoms with van der Waals surface area (Å²) in [5, 5.41) is 8.81. The van der Waals surface area contributed by atoms with Crippen LogP contribution in [0, 0.1) is 0 Å². The number of nitrogens with one attached hydrogen (secondary N) is 2. The highest BCUT2D eigenvalue weighted by molar-refractivity contribution is 9.10. The molecule has 6 heteroatoms. The molecule has 1 aromatic heterocycles. The summed E-state index contributed by atoms with van der Waals surface area (Å²) in [6, 6.07) is 0. The number of aromatic nitrogens is 2. The third kappa shape index (κ3) is 3.06. The average Bonchev–Trinajstić information content (AvgIpc) is 2.34. The van der Waals surface area contributed by atoms with Crippen molar-refractivity contribution >= 4 is 27.8 Å². The number of anilines is 1. The molecule has 0 spiro atoms. The topological polar surface area (TPSA) is 67.0 Å². The lowest BCUT2D eigenvalue weighted by Gasteiger charge is -2.07. The number of H-pyrrole nitrogens is 1. The number of hydrogen-bond donors (Lipinski definition) is 2. The Hall–Kier alpha value is -1.04. The summed E-state index contributed by atoms with van der Waals surface area (Å²) in [6.45, 7) is 3.56. The van der Waals surface area contributed by atoms with Gasteiger partial charge in [0.2, 0.25) is 0 Å². The van der Waals surface area contributed by atoms with Crippen LogP contribution in [0.25, 0.3) is 0 Å². The normalized spacial score (nSPS) is 10.2. The van der Waals surface area contributed by atoms with Crippen LogP contribution in [-0.4, -0.2) is 22.4 Å². The standard InChI is InChI=1S/C7H10BrN3O2/c1-4(2)13-7(12)10-6-5(8)3-9-11-6/h3-4H,1-2H3,(H2,9,10,11,12). The van der Waals surface area contributed by atoms with Gasteiger partial charge in [-0.05, 0) is 29.8 Å². The van der Waals surface area contributed by atoms with Crippen molar-refractivity contribution < 1.29 is 9.53 Å². The molecule has 0 bridgehead atoms. The van der Waals surface area contributed by atoms with E-state index in [9.17, 15) is 4.79 Å². The Labute approximate surface area is 84.0 Å². The number of carbonyl (C=O) groups is 1. The first-order chi connectivity index (χ1) is 6.09. The van der Waals surface area contributed by atoms with Crippen LogP contribution in [0.5, 0.6) is 0 Å². The number of ether oxygens (including phenoxy) is 1. The predicted molar refractivity (Wildman–Crippen MR) is 51.5 cm³/mol. The number of carbonyl (C=O) groups excluding carboxylic acids is 1. The highest BCUT2D eigenvalue weighted by Crippen LogP contribution is 2.17. The molecule has 0 atom stereocenters. The van der Waals surface area contributed by atoms with Crippen molar-refractivity contribution in [3.05, 3.63) is 10.7 Å². The van der Waals surface area contributed by atoms with Crippen LogP contribution in [0.3, 0.4) is 0 Å². The minimum absolute atomic E-state index is 0.137. The zero-order valence-corrected chi connectivity index (χ0v) is 8.88. The average molecular weight is 248 g/mol. The molecule has 5 nitrogen and oxygen atoms in total. The lowest BCUT2D eigenvalue weighted by Crippen LogP contribution is -2.18. The largest absolute Gasteiger partial charge is 0.447 e. The molecule has 72 valence electrons. The molecule has 1 amide bonds. The maximum Gasteiger partial charge on any atom is 0.413 e. The SMILES string of the molecule is CC(C)OC(=O)Nc1[nH]ncc1Br. The Morgan fingerprint density at radius 3 is 2.92 bits per heavy atom. The number of nitrogens with zero attached hydrogens (tertiary/aromatic N) is 1. The first-order valence-electron chi connectivity index (χ1n) is 3.76. The third-order valence-electron chi connectivity index (χ3n) is 1.16. The van der Waals surface area contributed by atoms with Crippen molar-refractivity contribution in [2.24, 2.45) is 0 Å². The Morgan fingerprint density at radius 1 is 1.77 bits per heavy atom. The van der Waals surface area contributed by atoms with Crippen molar-refractivity contribution in [3.63, 3.8) is 0 Å². The van der Waals surface area contributed by atoms with Crippen LogP contribution in [0.4, 0.5) is 10.6 Å². The number of rotatable bonds is 2. The van der Waals surface area contributed by atoms with Gasteiger partial charge in [0.25, 0.3) is 0 Å². The molecule has 0 unspecified atom stereocenters. The molecule has 1 heterocycles. The van der Waals surface area contributed by atoms with Crippen molar-refractivity contribution in [2.75, 3.05) is 5.32 Å². The van der Waals surface area contributed by atoms with Crippen molar-refractivity contribution in [3.8, 4) is 0 Å². The quantitative estimate of drug-likeness (QED) is 0.842. The number of hydrogen-bond acceptors (Lipinski definition) is 3. The zero-order chi connectivity index (χ0) is 9.84. The van der Waals surface area contributed by atoms with Gasteiger partial charge in [-0.25, -0.2) is 4.79 Å². The predicted octanol–water partition coefficient (Wildman–Crippen LogP) is 2.13. The van der Waals surface area contributed by atoms with Crippen molar-refractivity contribution in [2.45, 2.75) is 20.0 Å². The zero-order valence-electron chi connectivity index (χ0n) is 7.30. The molecule has 1 rings (SSSR count). The van der Waals surface area contributed by atoms with E-state index in [1.165, 1.54) is 0 Å². The van der Waals surface area contributed by atoms with Crippen LogP contribution in [0.15, 0.2) is 10.7 Å². The fraction of sp³-hybridized carbons (Fsp3) is 0.429. The summed E-state index contributed by atoms with van der Waals surface area (Å²) in [5.74, 6) is 0.491. The van der Waals surface area contributed by atoms with Crippen LogP contribution >= 0.6 is 15.9 Å². The highest BCUT2D eigenvalue weighted by Gasteiger charge is 2.08. The first kappa shape index (κ1) is 10.0. The Kier molecular flexibility index (Phi) is 3.30. The van der Waals surface area contributed by atoms with Gasteiger partial charge in [0.05, 0.1) is 16.8 Å². The molecule has 0 aliphatic heterocycles. The van der Waals surface area contributed by atoms with E-state index in [0.29, 0.717) is 10.3 Å². The second-order valence-electron chi connectivity index (χ2n) is 2.67. The summed E-state index contributed by atoms with van der Waals surface area (Å²) in [5.41, 5.74) is 0. The molecule has 0 fully saturated rings. The van der Waals surface area contributed by atoms with E-state index in [0.717, 1.165) is 0 Å². The maximum atomic E-state index is 11.1. The van der Waals surface area contributed by atoms with Gasteiger partial charge in [-0.1, -0.05) is 0 Å². The molecule has 1 aromatic rings. The summed E-state index contributed by atoms with van der Waals surface area (Å²) in [7, 11) is 0. The van der Waals surface area contributed by atoms with E-state index in [1.807, 2.05) is 0 Å². The van der Waals surface area contributed by atoms with E-state index < -0.39 is 6.09 Å². The van der Waals surface area contributed by atoms with Crippen molar-refractivity contribution in [1.82, 2.24) is 10.2 Å². The minimum atomic E-state index is -0.500.